The second-order valence-electron chi connectivity index (χ2n) is 5.05. The van der Waals surface area contributed by atoms with E-state index in [1.54, 1.807) is 6.08 Å². The molecule has 2 bridgehead atoms. The third-order valence-electron chi connectivity index (χ3n) is 3.62. The summed E-state index contributed by atoms with van der Waals surface area (Å²) in [4.78, 5) is 4.39. The minimum absolute atomic E-state index is 0.184. The molecule has 2 fully saturated rings. The van der Waals surface area contributed by atoms with Gasteiger partial charge in [0.1, 0.15) is 0 Å². The quantitative estimate of drug-likeness (QED) is 0.425. The zero-order valence-electron chi connectivity index (χ0n) is 9.91. The van der Waals surface area contributed by atoms with E-state index >= 15 is 0 Å². The van der Waals surface area contributed by atoms with E-state index in [-0.39, 0.29) is 5.41 Å². The number of ether oxygens (including phenoxy) is 1. The van der Waals surface area contributed by atoms with Gasteiger partial charge in [-0.1, -0.05) is 13.0 Å². The molecule has 0 saturated carbocycles. The van der Waals surface area contributed by atoms with Crippen molar-refractivity contribution in [3.05, 3.63) is 12.7 Å². The van der Waals surface area contributed by atoms with Crippen molar-refractivity contribution in [3.63, 3.8) is 0 Å². The van der Waals surface area contributed by atoms with Crippen molar-refractivity contribution >= 4 is 5.96 Å². The molecule has 4 nitrogen and oxygen atoms in total. The number of nitrogens with two attached hydrogens (primary N) is 1. The monoisotopic (exact) mass is 223 g/mol. The van der Waals surface area contributed by atoms with Gasteiger partial charge in [-0.25, -0.2) is 0 Å². The largest absolute Gasteiger partial charge is 0.374 e. The number of nitrogens with zero attached hydrogens (tertiary/aromatic N) is 1. The third kappa shape index (κ3) is 2.21. The van der Waals surface area contributed by atoms with E-state index in [0.717, 1.165) is 13.0 Å². The zero-order valence-corrected chi connectivity index (χ0v) is 9.91. The molecule has 90 valence electrons. The second kappa shape index (κ2) is 4.45. The van der Waals surface area contributed by atoms with Gasteiger partial charge in [0.15, 0.2) is 5.96 Å². The lowest BCUT2D eigenvalue weighted by Crippen LogP contribution is -2.36. The van der Waals surface area contributed by atoms with Gasteiger partial charge in [-0.15, -0.1) is 6.58 Å². The number of aliphatic imine (C=N–C) groups is 1. The number of nitrogens with one attached hydrogen (secondary N) is 1. The first-order valence-corrected chi connectivity index (χ1v) is 5.94. The lowest BCUT2D eigenvalue weighted by atomic mass is 9.76. The van der Waals surface area contributed by atoms with Crippen LogP contribution in [0.5, 0.6) is 0 Å². The van der Waals surface area contributed by atoms with Crippen LogP contribution in [-0.4, -0.2) is 31.3 Å². The van der Waals surface area contributed by atoms with Crippen molar-refractivity contribution in [1.82, 2.24) is 5.32 Å². The maximum Gasteiger partial charge on any atom is 0.188 e. The van der Waals surface area contributed by atoms with Crippen LogP contribution in [0.3, 0.4) is 0 Å². The van der Waals surface area contributed by atoms with Crippen LogP contribution in [0.15, 0.2) is 17.6 Å². The Morgan fingerprint density at radius 1 is 1.69 bits per heavy atom. The summed E-state index contributed by atoms with van der Waals surface area (Å²) >= 11 is 0. The number of guanidine groups is 1. The maximum absolute atomic E-state index is 5.85. The predicted molar refractivity (Wildman–Crippen MR) is 65.3 cm³/mol. The van der Waals surface area contributed by atoms with Gasteiger partial charge in [-0.2, -0.15) is 0 Å². The van der Waals surface area contributed by atoms with E-state index in [2.05, 4.69) is 23.8 Å². The van der Waals surface area contributed by atoms with Crippen LogP contribution in [0, 0.1) is 5.41 Å². The number of hydrogen-bond acceptors (Lipinski definition) is 2. The fraction of sp³-hybridized carbons (Fsp3) is 0.750. The molecule has 2 heterocycles. The maximum atomic E-state index is 5.85. The fourth-order valence-corrected chi connectivity index (χ4v) is 2.68. The highest BCUT2D eigenvalue weighted by Gasteiger charge is 2.49. The molecule has 0 aromatic carbocycles. The Morgan fingerprint density at radius 3 is 3.06 bits per heavy atom. The molecular formula is C12H21N3O. The lowest BCUT2D eigenvalue weighted by Gasteiger charge is -2.29. The average Bonchev–Trinajstić information content (AvgIpc) is 2.83. The fourth-order valence-electron chi connectivity index (χ4n) is 2.68. The zero-order chi connectivity index (χ0) is 11.6. The van der Waals surface area contributed by atoms with Crippen molar-refractivity contribution in [2.75, 3.05) is 13.1 Å². The number of rotatable bonds is 4. The Kier molecular flexibility index (Phi) is 3.19. The van der Waals surface area contributed by atoms with E-state index in [4.69, 9.17) is 10.5 Å². The van der Waals surface area contributed by atoms with Crippen molar-refractivity contribution in [2.24, 2.45) is 16.1 Å². The van der Waals surface area contributed by atoms with E-state index in [1.807, 2.05) is 0 Å². The molecule has 0 amide bonds. The lowest BCUT2D eigenvalue weighted by molar-refractivity contribution is 0.0706. The Hall–Kier alpha value is -1.03. The minimum Gasteiger partial charge on any atom is -0.374 e. The van der Waals surface area contributed by atoms with E-state index in [9.17, 15) is 0 Å². The van der Waals surface area contributed by atoms with Crippen LogP contribution < -0.4 is 11.1 Å². The number of hydrogen-bond donors (Lipinski definition) is 2. The summed E-state index contributed by atoms with van der Waals surface area (Å²) < 4.78 is 5.85. The summed E-state index contributed by atoms with van der Waals surface area (Å²) in [6.45, 7) is 7.29. The Bertz CT molecular complexity index is 303. The highest BCUT2D eigenvalue weighted by atomic mass is 16.5. The molecule has 2 rings (SSSR count). The summed E-state index contributed by atoms with van der Waals surface area (Å²) in [7, 11) is 0. The Morgan fingerprint density at radius 2 is 2.50 bits per heavy atom. The van der Waals surface area contributed by atoms with Crippen LogP contribution in [0.2, 0.25) is 0 Å². The van der Waals surface area contributed by atoms with E-state index in [0.29, 0.717) is 24.7 Å². The molecule has 2 saturated heterocycles. The molecule has 0 radical (unpaired) electrons. The minimum atomic E-state index is 0.184. The topological polar surface area (TPSA) is 59.6 Å². The van der Waals surface area contributed by atoms with Crippen LogP contribution >= 0.6 is 0 Å². The summed E-state index contributed by atoms with van der Waals surface area (Å²) in [5, 5.41) is 2.99. The Labute approximate surface area is 97.0 Å². The first-order valence-electron chi connectivity index (χ1n) is 5.94. The molecule has 0 aromatic heterocycles. The van der Waals surface area contributed by atoms with Crippen LogP contribution in [0.1, 0.15) is 26.2 Å². The molecule has 16 heavy (non-hydrogen) atoms. The van der Waals surface area contributed by atoms with Crippen molar-refractivity contribution < 1.29 is 4.74 Å². The highest BCUT2D eigenvalue weighted by Crippen LogP contribution is 2.47. The normalized spacial score (nSPS) is 37.7. The van der Waals surface area contributed by atoms with Gasteiger partial charge < -0.3 is 15.8 Å². The third-order valence-corrected chi connectivity index (χ3v) is 3.62. The number of fused-ring (bicyclic) bond motifs is 2. The van der Waals surface area contributed by atoms with Crippen molar-refractivity contribution in [2.45, 2.75) is 38.4 Å². The summed E-state index contributed by atoms with van der Waals surface area (Å²) in [5.41, 5.74) is 5.93. The standard InChI is InChI=1S/C12H21N3O/c1-3-6-14-11(13)15-8-12(2)7-9-4-5-10(12)16-9/h3,9-10H,1,4-8H2,2H3,(H3,13,14,15). The van der Waals surface area contributed by atoms with E-state index < -0.39 is 0 Å². The molecule has 4 heteroatoms. The van der Waals surface area contributed by atoms with Crippen LogP contribution in [0.25, 0.3) is 0 Å². The van der Waals surface area contributed by atoms with Gasteiger partial charge in [-0.05, 0) is 19.3 Å². The first kappa shape index (κ1) is 11.5. The summed E-state index contributed by atoms with van der Waals surface area (Å²) in [6.07, 6.45) is 6.13. The first-order chi connectivity index (χ1) is 7.64. The van der Waals surface area contributed by atoms with Gasteiger partial charge in [-0.3, -0.25) is 4.99 Å². The molecule has 0 aromatic rings. The molecule has 2 aliphatic heterocycles. The summed E-state index contributed by atoms with van der Waals surface area (Å²) in [5.74, 6) is 0.504. The smallest absolute Gasteiger partial charge is 0.188 e. The molecule has 3 atom stereocenters. The molecular weight excluding hydrogens is 202 g/mol. The molecule has 0 aliphatic carbocycles. The SMILES string of the molecule is C=CCNC(N)=NCC1(C)CC2CCC1O2. The van der Waals surface area contributed by atoms with Gasteiger partial charge in [0.2, 0.25) is 0 Å². The second-order valence-corrected chi connectivity index (χ2v) is 5.05. The predicted octanol–water partition coefficient (Wildman–Crippen LogP) is 1.03. The van der Waals surface area contributed by atoms with Crippen LogP contribution in [0.4, 0.5) is 0 Å². The van der Waals surface area contributed by atoms with Crippen molar-refractivity contribution in [3.8, 4) is 0 Å². The van der Waals surface area contributed by atoms with Gasteiger partial charge in [0.25, 0.3) is 0 Å². The Balaban J connectivity index is 1.87. The summed E-state index contributed by atoms with van der Waals surface area (Å²) in [6, 6.07) is 0. The molecule has 0 spiro atoms. The molecule has 3 N–H and O–H groups in total. The average molecular weight is 223 g/mol. The van der Waals surface area contributed by atoms with E-state index in [1.165, 1.54) is 12.8 Å². The van der Waals surface area contributed by atoms with Crippen LogP contribution in [-0.2, 0) is 4.74 Å². The van der Waals surface area contributed by atoms with Gasteiger partial charge in [0.05, 0.1) is 18.8 Å². The van der Waals surface area contributed by atoms with Gasteiger partial charge >= 0.3 is 0 Å². The van der Waals surface area contributed by atoms with Gasteiger partial charge in [0, 0.05) is 12.0 Å². The molecule has 3 unspecified atom stereocenters. The highest BCUT2D eigenvalue weighted by molar-refractivity contribution is 5.77. The molecule has 2 aliphatic rings. The van der Waals surface area contributed by atoms with Crippen molar-refractivity contribution in [1.29, 1.82) is 0 Å².